The van der Waals surface area contributed by atoms with Gasteiger partial charge in [0.2, 0.25) is 0 Å². The zero-order valence-corrected chi connectivity index (χ0v) is 15.5. The third-order valence-electron chi connectivity index (χ3n) is 5.70. The minimum absolute atomic E-state index is 0.0664. The quantitative estimate of drug-likeness (QED) is 0.787. The Hall–Kier alpha value is -2.27. The number of hydrogen-bond acceptors (Lipinski definition) is 5. The average molecular weight is 358 g/mol. The lowest BCUT2D eigenvalue weighted by Crippen LogP contribution is -2.46. The number of ether oxygens (including phenoxy) is 3. The second-order valence-electron chi connectivity index (χ2n) is 7.22. The molecule has 4 atom stereocenters. The lowest BCUT2D eigenvalue weighted by molar-refractivity contribution is -0.124. The molecule has 1 N–H and O–H groups in total. The molecule has 5 heteroatoms. The number of fused-ring (bicyclic) bond motifs is 1. The lowest BCUT2D eigenvalue weighted by Gasteiger charge is -2.39. The first kappa shape index (κ1) is 18.5. The number of carbonyl (C=O) groups is 1. The number of ketones is 1. The fourth-order valence-electron chi connectivity index (χ4n) is 3.95. The van der Waals surface area contributed by atoms with Gasteiger partial charge in [0.25, 0.3) is 0 Å². The number of rotatable bonds is 6. The maximum atomic E-state index is 12.5. The van der Waals surface area contributed by atoms with Crippen LogP contribution >= 0.6 is 0 Å². The molecule has 3 rings (SSSR count). The van der Waals surface area contributed by atoms with E-state index < -0.39 is 5.60 Å². The summed E-state index contributed by atoms with van der Waals surface area (Å²) < 4.78 is 16.8. The first-order chi connectivity index (χ1) is 12.4. The van der Waals surface area contributed by atoms with Crippen molar-refractivity contribution in [3.8, 4) is 11.5 Å². The highest BCUT2D eigenvalue weighted by atomic mass is 16.7. The Morgan fingerprint density at radius 2 is 2.23 bits per heavy atom. The predicted molar refractivity (Wildman–Crippen MR) is 97.9 cm³/mol. The van der Waals surface area contributed by atoms with Crippen LogP contribution in [-0.2, 0) is 20.7 Å². The maximum Gasteiger partial charge on any atom is 0.189 e. The van der Waals surface area contributed by atoms with E-state index in [0.717, 1.165) is 5.56 Å². The van der Waals surface area contributed by atoms with Gasteiger partial charge in [0.15, 0.2) is 24.1 Å². The molecule has 1 aromatic carbocycles. The zero-order valence-electron chi connectivity index (χ0n) is 15.5. The molecule has 26 heavy (non-hydrogen) atoms. The Morgan fingerprint density at radius 1 is 1.46 bits per heavy atom. The number of allylic oxidation sites excluding steroid dienone is 2. The summed E-state index contributed by atoms with van der Waals surface area (Å²) in [6.07, 6.45) is 4.68. The van der Waals surface area contributed by atoms with Crippen LogP contribution in [0, 0.1) is 17.8 Å². The number of aromatic hydroxyl groups is 1. The Labute approximate surface area is 154 Å². The van der Waals surface area contributed by atoms with Crippen LogP contribution in [0.15, 0.2) is 42.7 Å². The van der Waals surface area contributed by atoms with E-state index in [1.807, 2.05) is 19.1 Å². The number of phenolic OH excluding ortho intramolecular Hbond substituents is 1. The van der Waals surface area contributed by atoms with Crippen molar-refractivity contribution in [1.29, 1.82) is 0 Å². The first-order valence-electron chi connectivity index (χ1n) is 8.92. The normalized spacial score (nSPS) is 27.1. The molecule has 1 aliphatic carbocycles. The van der Waals surface area contributed by atoms with Gasteiger partial charge in [0.05, 0.1) is 7.11 Å². The van der Waals surface area contributed by atoms with E-state index in [9.17, 15) is 9.90 Å². The van der Waals surface area contributed by atoms with Crippen LogP contribution < -0.4 is 4.74 Å². The Morgan fingerprint density at radius 3 is 2.88 bits per heavy atom. The van der Waals surface area contributed by atoms with E-state index >= 15 is 0 Å². The molecule has 0 aromatic heterocycles. The molecule has 0 spiro atoms. The van der Waals surface area contributed by atoms with E-state index in [-0.39, 0.29) is 36.1 Å². The summed E-state index contributed by atoms with van der Waals surface area (Å²) in [5.74, 6) is 1.23. The molecule has 5 nitrogen and oxygen atoms in total. The lowest BCUT2D eigenvalue weighted by atomic mass is 9.69. The van der Waals surface area contributed by atoms with Crippen LogP contribution in [0.25, 0.3) is 0 Å². The molecule has 2 unspecified atom stereocenters. The maximum absolute atomic E-state index is 12.5. The molecule has 1 fully saturated rings. The fraction of sp³-hybridized carbons (Fsp3) is 0.476. The number of benzene rings is 1. The highest BCUT2D eigenvalue weighted by Gasteiger charge is 2.52. The third kappa shape index (κ3) is 3.12. The summed E-state index contributed by atoms with van der Waals surface area (Å²) in [5.41, 5.74) is 0.357. The molecule has 140 valence electrons. The predicted octanol–water partition coefficient (Wildman–Crippen LogP) is 3.62. The van der Waals surface area contributed by atoms with Crippen molar-refractivity contribution in [1.82, 2.24) is 0 Å². The average Bonchev–Trinajstić information content (AvgIpc) is 3.04. The smallest absolute Gasteiger partial charge is 0.189 e. The van der Waals surface area contributed by atoms with Crippen LogP contribution in [0.4, 0.5) is 0 Å². The van der Waals surface area contributed by atoms with Crippen LogP contribution in [0.5, 0.6) is 11.5 Å². The number of methoxy groups -OCH3 is 1. The standard InChI is InChI=1S/C21H26O5/c1-5-13(2)16-11-21(20(10-17(16)22)25-12-26-21)14(3)8-15-6-7-19(24-4)18(23)9-15/h5-7,9-10,13-14,16,23H,1,8,11-12H2,2-4H3/t13?,14?,16-,21-/m1/s1. The van der Waals surface area contributed by atoms with Gasteiger partial charge in [0.1, 0.15) is 11.4 Å². The topological polar surface area (TPSA) is 65.0 Å². The molecule has 0 amide bonds. The van der Waals surface area contributed by atoms with Crippen molar-refractivity contribution in [3.63, 3.8) is 0 Å². The van der Waals surface area contributed by atoms with E-state index in [1.54, 1.807) is 18.2 Å². The Kier molecular flexibility index (Phi) is 5.10. The number of hydrogen-bond donors (Lipinski definition) is 1. The van der Waals surface area contributed by atoms with Crippen molar-refractivity contribution in [2.75, 3.05) is 13.9 Å². The van der Waals surface area contributed by atoms with Crippen LogP contribution in [0.1, 0.15) is 25.8 Å². The van der Waals surface area contributed by atoms with Gasteiger partial charge in [0, 0.05) is 12.0 Å². The molecule has 0 saturated carbocycles. The molecular formula is C21H26O5. The van der Waals surface area contributed by atoms with Crippen LogP contribution in [0.2, 0.25) is 0 Å². The van der Waals surface area contributed by atoms with Gasteiger partial charge in [-0.25, -0.2) is 0 Å². The molecule has 1 aromatic rings. The van der Waals surface area contributed by atoms with Gasteiger partial charge in [-0.3, -0.25) is 4.79 Å². The van der Waals surface area contributed by atoms with E-state index in [2.05, 4.69) is 13.5 Å². The molecule has 1 saturated heterocycles. The monoisotopic (exact) mass is 358 g/mol. The molecule has 1 heterocycles. The third-order valence-corrected chi connectivity index (χ3v) is 5.70. The van der Waals surface area contributed by atoms with Gasteiger partial charge >= 0.3 is 0 Å². The van der Waals surface area contributed by atoms with Gasteiger partial charge in [-0.05, 0) is 42.4 Å². The molecule has 2 aliphatic rings. The molecule has 0 bridgehead atoms. The summed E-state index contributed by atoms with van der Waals surface area (Å²) in [6, 6.07) is 5.40. The van der Waals surface area contributed by atoms with Crippen molar-refractivity contribution in [3.05, 3.63) is 48.3 Å². The highest BCUT2D eigenvalue weighted by Crippen LogP contribution is 2.47. The fourth-order valence-corrected chi connectivity index (χ4v) is 3.95. The summed E-state index contributed by atoms with van der Waals surface area (Å²) >= 11 is 0. The second kappa shape index (κ2) is 7.16. The minimum atomic E-state index is -0.620. The van der Waals surface area contributed by atoms with Crippen molar-refractivity contribution >= 4 is 5.78 Å². The number of carbonyl (C=O) groups excluding carboxylic acids is 1. The number of phenols is 1. The first-order valence-corrected chi connectivity index (χ1v) is 8.92. The molecule has 0 radical (unpaired) electrons. The van der Waals surface area contributed by atoms with Crippen molar-refractivity contribution < 1.29 is 24.1 Å². The molecular weight excluding hydrogens is 332 g/mol. The largest absolute Gasteiger partial charge is 0.504 e. The van der Waals surface area contributed by atoms with E-state index in [1.165, 1.54) is 7.11 Å². The second-order valence-corrected chi connectivity index (χ2v) is 7.22. The summed E-state index contributed by atoms with van der Waals surface area (Å²) in [5, 5.41) is 10.0. The van der Waals surface area contributed by atoms with Gasteiger partial charge < -0.3 is 19.3 Å². The summed E-state index contributed by atoms with van der Waals surface area (Å²) in [7, 11) is 1.52. The SMILES string of the molecule is C=CC(C)[C@H]1C[C@]2(C(C)Cc3ccc(OC)c(O)c3)OCOC2=CC1=O. The van der Waals surface area contributed by atoms with E-state index in [0.29, 0.717) is 24.4 Å². The zero-order chi connectivity index (χ0) is 18.9. The highest BCUT2D eigenvalue weighted by molar-refractivity contribution is 5.94. The summed E-state index contributed by atoms with van der Waals surface area (Å²) in [6.45, 7) is 8.09. The minimum Gasteiger partial charge on any atom is -0.504 e. The Balaban J connectivity index is 1.87. The van der Waals surface area contributed by atoms with Gasteiger partial charge in [-0.15, -0.1) is 6.58 Å². The van der Waals surface area contributed by atoms with Gasteiger partial charge in [-0.1, -0.05) is 26.0 Å². The van der Waals surface area contributed by atoms with E-state index in [4.69, 9.17) is 14.2 Å². The Bertz CT molecular complexity index is 738. The molecule has 1 aliphatic heterocycles. The summed E-state index contributed by atoms with van der Waals surface area (Å²) in [4.78, 5) is 12.5. The van der Waals surface area contributed by atoms with Crippen molar-refractivity contribution in [2.24, 2.45) is 17.8 Å². The van der Waals surface area contributed by atoms with Crippen LogP contribution in [-0.4, -0.2) is 30.4 Å². The van der Waals surface area contributed by atoms with Crippen molar-refractivity contribution in [2.45, 2.75) is 32.3 Å². The van der Waals surface area contributed by atoms with Gasteiger partial charge in [-0.2, -0.15) is 0 Å². The van der Waals surface area contributed by atoms with Crippen LogP contribution in [0.3, 0.4) is 0 Å².